The molecule has 0 N–H and O–H groups in total. The summed E-state index contributed by atoms with van der Waals surface area (Å²) in [6, 6.07) is 0. The van der Waals surface area contributed by atoms with E-state index in [9.17, 15) is 0 Å². The van der Waals surface area contributed by atoms with Crippen molar-refractivity contribution in [2.45, 2.75) is 46.4 Å². The largest absolute Gasteiger partial charge is 0.163 e. The zero-order valence-electron chi connectivity index (χ0n) is 8.19. The van der Waals surface area contributed by atoms with Gasteiger partial charge in [-0.15, -0.1) is 0 Å². The average Bonchev–Trinajstić information content (AvgIpc) is 1.99. The fraction of sp³-hybridized carbons (Fsp3) is 1.00. The van der Waals surface area contributed by atoms with Gasteiger partial charge in [-0.3, -0.25) is 0 Å². The monoisotopic (exact) mass is 171 g/mol. The first-order valence-electron chi connectivity index (χ1n) is 4.82. The third-order valence-corrected chi connectivity index (χ3v) is 3.05. The first-order valence-corrected chi connectivity index (χ1v) is 6.10. The zero-order valence-corrected chi connectivity index (χ0v) is 9.19. The summed E-state index contributed by atoms with van der Waals surface area (Å²) in [5.41, 5.74) is 0. The summed E-state index contributed by atoms with van der Waals surface area (Å²) < 4.78 is 0. The van der Waals surface area contributed by atoms with Crippen LogP contribution in [0, 0.1) is 5.92 Å². The molecule has 0 rings (SSSR count). The highest BCUT2D eigenvalue weighted by atomic mass is 31.1. The summed E-state index contributed by atoms with van der Waals surface area (Å²) in [6.07, 6.45) is 7.06. The molecule has 0 aliphatic rings. The molecule has 0 heterocycles. The quantitative estimate of drug-likeness (QED) is 0.312. The number of rotatable bonds is 7. The minimum Gasteiger partial charge on any atom is -0.163 e. The lowest BCUT2D eigenvalue weighted by Crippen LogP contribution is -1.94. The molecule has 0 bridgehead atoms. The molecule has 2 atom stereocenters. The summed E-state index contributed by atoms with van der Waals surface area (Å²) in [6.45, 7) is 9.11. The first kappa shape index (κ1) is 11.5. The van der Waals surface area contributed by atoms with Gasteiger partial charge in [-0.2, -0.15) is 8.46 Å². The Balaban J connectivity index is 2.97. The lowest BCUT2D eigenvalue weighted by Gasteiger charge is -2.08. The molecule has 0 saturated carbocycles. The van der Waals surface area contributed by atoms with Gasteiger partial charge in [0.2, 0.25) is 0 Å². The molecular weight excluding hydrogens is 150 g/mol. The molecule has 0 saturated heterocycles. The summed E-state index contributed by atoms with van der Waals surface area (Å²) in [4.78, 5) is 0. The molecule has 0 amide bonds. The van der Waals surface area contributed by atoms with Crippen molar-refractivity contribution in [1.29, 1.82) is 0 Å². The highest BCUT2D eigenvalue weighted by molar-refractivity contribution is 7.70. The highest BCUT2D eigenvalue weighted by Crippen LogP contribution is 2.16. The smallest absolute Gasteiger partial charge is 0.139 e. The van der Waals surface area contributed by atoms with Gasteiger partial charge in [0.1, 0.15) is 7.00 Å². The van der Waals surface area contributed by atoms with E-state index in [0.29, 0.717) is 0 Å². The van der Waals surface area contributed by atoms with Crippen LogP contribution in [0.3, 0.4) is 0 Å². The molecule has 0 aromatic carbocycles. The molecule has 65 valence electrons. The molecule has 2 heteroatoms. The molecule has 11 heavy (non-hydrogen) atoms. The fourth-order valence-corrected chi connectivity index (χ4v) is 2.03. The maximum absolute atomic E-state index is 2.38. The van der Waals surface area contributed by atoms with E-state index in [4.69, 9.17) is 0 Å². The maximum Gasteiger partial charge on any atom is 0.139 e. The predicted octanol–water partition coefficient (Wildman–Crippen LogP) is 3.55. The van der Waals surface area contributed by atoms with Gasteiger partial charge in [0, 0.05) is 0 Å². The van der Waals surface area contributed by atoms with E-state index in [-0.39, 0.29) is 0 Å². The Morgan fingerprint density at radius 2 is 2.09 bits per heavy atom. The summed E-state index contributed by atoms with van der Waals surface area (Å²) in [5, 5.41) is 0. The second-order valence-corrected chi connectivity index (χ2v) is 4.76. The van der Waals surface area contributed by atoms with E-state index in [1.807, 2.05) is 0 Å². The van der Waals surface area contributed by atoms with E-state index in [2.05, 4.69) is 27.7 Å². The molecule has 0 fully saturated rings. The van der Waals surface area contributed by atoms with E-state index in [0.717, 1.165) is 14.4 Å². The third kappa shape index (κ3) is 8.40. The van der Waals surface area contributed by atoms with Crippen molar-refractivity contribution in [3.8, 4) is 0 Å². The van der Waals surface area contributed by atoms with Crippen LogP contribution in [0.25, 0.3) is 0 Å². The second-order valence-electron chi connectivity index (χ2n) is 3.28. The summed E-state index contributed by atoms with van der Waals surface area (Å²) in [7, 11) is 1.09. The van der Waals surface area contributed by atoms with Crippen LogP contribution in [0.5, 0.6) is 0 Å². The Morgan fingerprint density at radius 1 is 1.36 bits per heavy atom. The Labute approximate surface area is 74.5 Å². The summed E-state index contributed by atoms with van der Waals surface area (Å²) in [5.74, 6) is 0.960. The number of hydrogen-bond donors (Lipinski definition) is 0. The Kier molecular flexibility index (Phi) is 8.98. The average molecular weight is 171 g/mol. The van der Waals surface area contributed by atoms with E-state index in [1.165, 1.54) is 31.8 Å². The van der Waals surface area contributed by atoms with Crippen molar-refractivity contribution in [3.63, 3.8) is 0 Å². The lowest BCUT2D eigenvalue weighted by atomic mass is 10.0. The van der Waals surface area contributed by atoms with E-state index in [1.54, 1.807) is 0 Å². The van der Waals surface area contributed by atoms with Crippen molar-refractivity contribution in [3.05, 3.63) is 0 Å². The fourth-order valence-electron chi connectivity index (χ4n) is 1.33. The molecular formula is C9H21BP. The molecule has 0 aliphatic carbocycles. The molecule has 0 aromatic rings. The van der Waals surface area contributed by atoms with Gasteiger partial charge in [-0.1, -0.05) is 46.4 Å². The highest BCUT2D eigenvalue weighted by Gasteiger charge is 1.98. The lowest BCUT2D eigenvalue weighted by molar-refractivity contribution is 0.482. The molecule has 0 nitrogen and oxygen atoms in total. The van der Waals surface area contributed by atoms with Crippen molar-refractivity contribution < 1.29 is 0 Å². The maximum atomic E-state index is 2.38. The van der Waals surface area contributed by atoms with Crippen LogP contribution in [0.2, 0.25) is 6.82 Å². The standard InChI is InChI=1S/C9H21BP/c1-4-6-9(2)7-5-8-11-10-3/h9,11H,4-8H2,1-3H3. The Morgan fingerprint density at radius 3 is 2.64 bits per heavy atom. The minimum atomic E-state index is 0.960. The second kappa shape index (κ2) is 8.59. The van der Waals surface area contributed by atoms with Crippen molar-refractivity contribution in [2.24, 2.45) is 5.92 Å². The van der Waals surface area contributed by atoms with E-state index >= 15 is 0 Å². The van der Waals surface area contributed by atoms with Crippen LogP contribution in [0.1, 0.15) is 39.5 Å². The van der Waals surface area contributed by atoms with Gasteiger partial charge < -0.3 is 0 Å². The summed E-state index contributed by atoms with van der Waals surface area (Å²) >= 11 is 0. The molecule has 0 aromatic heterocycles. The van der Waals surface area contributed by atoms with Gasteiger partial charge in [0.15, 0.2) is 0 Å². The topological polar surface area (TPSA) is 0 Å². The van der Waals surface area contributed by atoms with Gasteiger partial charge in [-0.05, 0) is 12.1 Å². The van der Waals surface area contributed by atoms with Gasteiger partial charge in [-0.25, -0.2) is 0 Å². The molecule has 0 aliphatic heterocycles. The van der Waals surface area contributed by atoms with Crippen LogP contribution in [0.15, 0.2) is 0 Å². The van der Waals surface area contributed by atoms with Crippen LogP contribution in [0.4, 0.5) is 0 Å². The minimum absolute atomic E-state index is 0.960. The SMILES string of the molecule is C[B]PCCCC(C)CCC. The van der Waals surface area contributed by atoms with Crippen LogP contribution in [-0.2, 0) is 0 Å². The van der Waals surface area contributed by atoms with Gasteiger partial charge >= 0.3 is 0 Å². The van der Waals surface area contributed by atoms with E-state index < -0.39 is 0 Å². The molecule has 0 spiro atoms. The normalized spacial score (nSPS) is 14.1. The number of hydrogen-bond acceptors (Lipinski definition) is 0. The Hall–Kier alpha value is 0.495. The predicted molar refractivity (Wildman–Crippen MR) is 58.1 cm³/mol. The zero-order chi connectivity index (χ0) is 8.53. The molecule has 1 radical (unpaired) electrons. The van der Waals surface area contributed by atoms with Crippen LogP contribution >= 0.6 is 8.46 Å². The first-order chi connectivity index (χ1) is 5.31. The van der Waals surface area contributed by atoms with Gasteiger partial charge in [0.05, 0.1) is 0 Å². The van der Waals surface area contributed by atoms with Crippen LogP contribution < -0.4 is 0 Å². The van der Waals surface area contributed by atoms with Crippen molar-refractivity contribution in [1.82, 2.24) is 0 Å². The van der Waals surface area contributed by atoms with Crippen molar-refractivity contribution >= 4 is 15.5 Å². The van der Waals surface area contributed by atoms with Crippen LogP contribution in [-0.4, -0.2) is 13.2 Å². The third-order valence-electron chi connectivity index (χ3n) is 2.00. The van der Waals surface area contributed by atoms with Crippen molar-refractivity contribution in [2.75, 3.05) is 6.16 Å². The molecule has 2 unspecified atom stereocenters. The van der Waals surface area contributed by atoms with Gasteiger partial charge in [0.25, 0.3) is 0 Å². The Bertz CT molecular complexity index is 76.0.